The summed E-state index contributed by atoms with van der Waals surface area (Å²) in [5.74, 6) is 0.227. The van der Waals surface area contributed by atoms with Crippen molar-refractivity contribution in [3.8, 4) is 0 Å². The molecule has 0 N–H and O–H groups in total. The number of Topliss-reactive ketones (excluding diaryl/α,β-unsaturated/α-hetero) is 1. The Hall–Kier alpha value is 0.358. The van der Waals surface area contributed by atoms with Crippen LogP contribution in [0.25, 0.3) is 0 Å². The molecule has 0 aliphatic heterocycles. The van der Waals surface area contributed by atoms with Gasteiger partial charge in [-0.2, -0.15) is 12.8 Å². The molecule has 0 saturated heterocycles. The van der Waals surface area contributed by atoms with Crippen LogP contribution in [0.2, 0.25) is 0 Å². The first-order valence-electron chi connectivity index (χ1n) is 4.41. The largest absolute Gasteiger partial charge is 2.00 e. The summed E-state index contributed by atoms with van der Waals surface area (Å²) in [6.45, 7) is 15.4. The molecule has 0 heterocycles. The molecule has 0 radical (unpaired) electrons. The summed E-state index contributed by atoms with van der Waals surface area (Å²) in [6.07, 6.45) is 2.38. The van der Waals surface area contributed by atoms with E-state index >= 15 is 0 Å². The minimum Gasteiger partial charge on any atom is -0.343 e. The van der Waals surface area contributed by atoms with Gasteiger partial charge in [-0.15, -0.1) is 0 Å². The molecule has 0 aliphatic rings. The van der Waals surface area contributed by atoms with Gasteiger partial charge in [0.05, 0.1) is 0 Å². The van der Waals surface area contributed by atoms with Crippen molar-refractivity contribution in [2.75, 3.05) is 0 Å². The molecule has 0 spiro atoms. The van der Waals surface area contributed by atoms with Gasteiger partial charge in [0.2, 0.25) is 0 Å². The van der Waals surface area contributed by atoms with Crippen molar-refractivity contribution in [3.63, 3.8) is 0 Å². The van der Waals surface area contributed by atoms with E-state index in [1.165, 1.54) is 0 Å². The monoisotopic (exact) mass is 354 g/mol. The average Bonchev–Trinajstić information content (AvgIpc) is 1.87. The van der Waals surface area contributed by atoms with Crippen molar-refractivity contribution in [3.05, 3.63) is 13.8 Å². The first-order valence-corrected chi connectivity index (χ1v) is 4.41. The maximum atomic E-state index is 10.0. The molecular weight excluding hydrogens is 332 g/mol. The number of hydrogen-bond acceptors (Lipinski definition) is 1. The fourth-order valence-corrected chi connectivity index (χ4v) is 0.249. The van der Waals surface area contributed by atoms with Crippen LogP contribution in [0, 0.1) is 19.3 Å². The Balaban J connectivity index is -0.000000143. The second-order valence-electron chi connectivity index (χ2n) is 4.12. The van der Waals surface area contributed by atoms with Crippen molar-refractivity contribution in [2.45, 2.75) is 47.0 Å². The molecule has 0 atom stereocenters. The second-order valence-corrected chi connectivity index (χ2v) is 4.12. The van der Waals surface area contributed by atoms with Crippen LogP contribution in [0.4, 0.5) is 0 Å². The van der Waals surface area contributed by atoms with Crippen LogP contribution in [-0.4, -0.2) is 5.78 Å². The third kappa shape index (κ3) is 32.8. The Kier molecular flexibility index (Phi) is 15.3. The predicted molar refractivity (Wildman–Crippen MR) is 54.7 cm³/mol. The summed E-state index contributed by atoms with van der Waals surface area (Å²) < 4.78 is 0. The normalized spacial score (nSPS) is 9.38. The maximum absolute atomic E-state index is 10.0. The van der Waals surface area contributed by atoms with E-state index in [0.717, 1.165) is 12.8 Å². The Labute approximate surface area is 97.9 Å². The topological polar surface area (TPSA) is 17.1 Å². The van der Waals surface area contributed by atoms with Gasteiger partial charge in [-0.05, 0) is 13.3 Å². The number of carbonyl (C=O) groups excluding carboxylic acids is 1. The van der Waals surface area contributed by atoms with Gasteiger partial charge in [-0.3, -0.25) is 0 Å². The van der Waals surface area contributed by atoms with Gasteiger partial charge in [0.25, 0.3) is 0 Å². The molecule has 0 aromatic heterocycles. The number of hydrogen-bond donors (Lipinski definition) is 0. The molecule has 1 nitrogen and oxygen atoms in total. The minimum absolute atomic E-state index is 0. The minimum atomic E-state index is 0. The molecule has 0 bridgehead atoms. The van der Waals surface area contributed by atoms with E-state index in [-0.39, 0.29) is 26.8 Å². The van der Waals surface area contributed by atoms with Crippen LogP contribution in [0.5, 0.6) is 0 Å². The standard InChI is InChI=1S/C6H13.C5H9O.W/c1-5-6(2,3)4;1-3-4-5(2)6;/h1,5H2,2-4H3;1,3-4H2,2H3;/q2*-1;+2. The van der Waals surface area contributed by atoms with Crippen molar-refractivity contribution >= 4 is 5.78 Å². The summed E-state index contributed by atoms with van der Waals surface area (Å²) in [5.41, 5.74) is 0.431. The van der Waals surface area contributed by atoms with Crippen LogP contribution in [0.1, 0.15) is 47.0 Å². The second kappa shape index (κ2) is 10.4. The molecule has 2 heteroatoms. The fraction of sp³-hybridized carbons (Fsp3) is 0.727. The van der Waals surface area contributed by atoms with Crippen LogP contribution in [-0.2, 0) is 25.9 Å². The third-order valence-corrected chi connectivity index (χ3v) is 1.28. The number of ketones is 1. The van der Waals surface area contributed by atoms with E-state index in [9.17, 15) is 4.79 Å². The molecular formula is C11H22OW. The van der Waals surface area contributed by atoms with Crippen LogP contribution < -0.4 is 0 Å². The van der Waals surface area contributed by atoms with E-state index in [2.05, 4.69) is 34.6 Å². The molecule has 78 valence electrons. The van der Waals surface area contributed by atoms with E-state index in [4.69, 9.17) is 0 Å². The molecule has 0 fully saturated rings. The smallest absolute Gasteiger partial charge is 0.343 e. The van der Waals surface area contributed by atoms with E-state index in [1.807, 2.05) is 0 Å². The van der Waals surface area contributed by atoms with E-state index in [1.54, 1.807) is 6.92 Å². The van der Waals surface area contributed by atoms with Crippen LogP contribution >= 0.6 is 0 Å². The van der Waals surface area contributed by atoms with Gasteiger partial charge in [-0.25, -0.2) is 0 Å². The summed E-state index contributed by atoms with van der Waals surface area (Å²) in [6, 6.07) is 0. The molecule has 0 amide bonds. The molecule has 13 heavy (non-hydrogen) atoms. The van der Waals surface area contributed by atoms with Gasteiger partial charge in [-0.1, -0.05) is 26.2 Å². The SMILES string of the molecule is [CH2-]CC(C)(C)C.[CH2-]CCC(C)=O.[W+2]. The summed E-state index contributed by atoms with van der Waals surface area (Å²) >= 11 is 0. The van der Waals surface area contributed by atoms with Gasteiger partial charge in [0, 0.05) is 0 Å². The Morgan fingerprint density at radius 1 is 1.23 bits per heavy atom. The quantitative estimate of drug-likeness (QED) is 0.695. The molecule has 0 aliphatic carbocycles. The molecule has 0 rings (SSSR count). The zero-order valence-electron chi connectivity index (χ0n) is 9.35. The summed E-state index contributed by atoms with van der Waals surface area (Å²) in [7, 11) is 0. The average molecular weight is 354 g/mol. The van der Waals surface area contributed by atoms with Gasteiger partial charge >= 0.3 is 21.1 Å². The summed E-state index contributed by atoms with van der Waals surface area (Å²) in [4.78, 5) is 10.0. The summed E-state index contributed by atoms with van der Waals surface area (Å²) in [5, 5.41) is 0. The zero-order chi connectivity index (χ0) is 10.2. The van der Waals surface area contributed by atoms with Gasteiger partial charge in [0.1, 0.15) is 5.78 Å². The molecule has 0 aromatic rings. The van der Waals surface area contributed by atoms with Gasteiger partial charge < -0.3 is 18.6 Å². The van der Waals surface area contributed by atoms with Crippen molar-refractivity contribution in [1.29, 1.82) is 0 Å². The first kappa shape index (κ1) is 19.0. The van der Waals surface area contributed by atoms with Crippen molar-refractivity contribution < 1.29 is 25.9 Å². The first-order chi connectivity index (χ1) is 5.33. The van der Waals surface area contributed by atoms with E-state index < -0.39 is 0 Å². The predicted octanol–water partition coefficient (Wildman–Crippen LogP) is 3.44. The van der Waals surface area contributed by atoms with Crippen LogP contribution in [0.3, 0.4) is 0 Å². The fourth-order valence-electron chi connectivity index (χ4n) is 0.249. The number of rotatable bonds is 2. The molecule has 0 aromatic carbocycles. The number of carbonyl (C=O) groups is 1. The Morgan fingerprint density at radius 3 is 1.54 bits per heavy atom. The van der Waals surface area contributed by atoms with Crippen molar-refractivity contribution in [2.24, 2.45) is 5.41 Å². The Bertz CT molecular complexity index is 114. The van der Waals surface area contributed by atoms with Gasteiger partial charge in [0.15, 0.2) is 0 Å². The molecule has 0 unspecified atom stereocenters. The Morgan fingerprint density at radius 2 is 1.54 bits per heavy atom. The zero-order valence-corrected chi connectivity index (χ0v) is 12.3. The van der Waals surface area contributed by atoms with Crippen molar-refractivity contribution in [1.82, 2.24) is 0 Å². The molecule has 0 saturated carbocycles. The van der Waals surface area contributed by atoms with E-state index in [0.29, 0.717) is 11.8 Å². The maximum Gasteiger partial charge on any atom is 2.00 e. The third-order valence-electron chi connectivity index (χ3n) is 1.28. The van der Waals surface area contributed by atoms with Crippen LogP contribution in [0.15, 0.2) is 0 Å².